The second-order valence-corrected chi connectivity index (χ2v) is 6.59. The largest absolute Gasteiger partial charge is 0.496 e. The third kappa shape index (κ3) is 4.68. The van der Waals surface area contributed by atoms with Gasteiger partial charge in [-0.1, -0.05) is 17.7 Å². The van der Waals surface area contributed by atoms with Gasteiger partial charge in [0.05, 0.1) is 14.2 Å². The number of amides is 1. The fourth-order valence-corrected chi connectivity index (χ4v) is 3.06. The summed E-state index contributed by atoms with van der Waals surface area (Å²) in [6.07, 6.45) is 0. The predicted molar refractivity (Wildman–Crippen MR) is 98.5 cm³/mol. The number of methoxy groups -OCH3 is 2. The second-order valence-electron chi connectivity index (χ2n) is 5.42. The van der Waals surface area contributed by atoms with E-state index in [1.54, 1.807) is 38.1 Å². The fraction of sp³-hybridized carbons (Fsp3) is 0.316. The molecule has 2 aromatic carbocycles. The van der Waals surface area contributed by atoms with Gasteiger partial charge in [-0.3, -0.25) is 4.79 Å². The Bertz CT molecular complexity index is 673. The van der Waals surface area contributed by atoms with Crippen LogP contribution in [0, 0.1) is 13.8 Å². The lowest BCUT2D eigenvalue weighted by molar-refractivity contribution is 0.0955. The molecule has 0 atom stereocenters. The summed E-state index contributed by atoms with van der Waals surface area (Å²) in [5.74, 6) is 1.98. The third-order valence-electron chi connectivity index (χ3n) is 3.69. The molecule has 0 bridgehead atoms. The predicted octanol–water partition coefficient (Wildman–Crippen LogP) is 3.84. The van der Waals surface area contributed by atoms with Gasteiger partial charge in [0.25, 0.3) is 5.91 Å². The molecular weight excluding hydrogens is 322 g/mol. The molecule has 0 saturated carbocycles. The van der Waals surface area contributed by atoms with Gasteiger partial charge in [-0.25, -0.2) is 0 Å². The lowest BCUT2D eigenvalue weighted by Gasteiger charge is -2.12. The van der Waals surface area contributed by atoms with Crippen molar-refractivity contribution in [2.24, 2.45) is 0 Å². The van der Waals surface area contributed by atoms with Gasteiger partial charge in [0.1, 0.15) is 11.5 Å². The maximum Gasteiger partial charge on any atom is 0.251 e. The molecule has 128 valence electrons. The maximum absolute atomic E-state index is 12.3. The lowest BCUT2D eigenvalue weighted by Crippen LogP contribution is -2.25. The van der Waals surface area contributed by atoms with Crippen molar-refractivity contribution in [3.8, 4) is 11.5 Å². The number of hydrogen-bond acceptors (Lipinski definition) is 4. The minimum absolute atomic E-state index is 0.129. The van der Waals surface area contributed by atoms with E-state index in [0.717, 1.165) is 11.3 Å². The Morgan fingerprint density at radius 1 is 1.04 bits per heavy atom. The first-order chi connectivity index (χ1) is 11.5. The number of aryl methyl sites for hydroxylation is 1. The molecule has 4 nitrogen and oxygen atoms in total. The zero-order chi connectivity index (χ0) is 17.5. The highest BCUT2D eigenvalue weighted by atomic mass is 32.2. The van der Waals surface area contributed by atoms with Crippen LogP contribution in [-0.4, -0.2) is 32.4 Å². The van der Waals surface area contributed by atoms with Crippen molar-refractivity contribution in [2.75, 3.05) is 26.5 Å². The van der Waals surface area contributed by atoms with Crippen molar-refractivity contribution >= 4 is 17.7 Å². The Hall–Kier alpha value is -2.14. The zero-order valence-electron chi connectivity index (χ0n) is 14.5. The molecule has 0 saturated heterocycles. The first-order valence-electron chi connectivity index (χ1n) is 7.75. The summed E-state index contributed by atoms with van der Waals surface area (Å²) >= 11 is 1.72. The van der Waals surface area contributed by atoms with Crippen LogP contribution in [-0.2, 0) is 0 Å². The number of rotatable bonds is 7. The van der Waals surface area contributed by atoms with Crippen molar-refractivity contribution in [3.63, 3.8) is 0 Å². The first-order valence-corrected chi connectivity index (χ1v) is 8.74. The van der Waals surface area contributed by atoms with Crippen LogP contribution in [0.15, 0.2) is 41.3 Å². The van der Waals surface area contributed by atoms with Gasteiger partial charge in [0, 0.05) is 28.3 Å². The molecule has 2 rings (SSSR count). The maximum atomic E-state index is 12.3. The Kier molecular flexibility index (Phi) is 6.55. The van der Waals surface area contributed by atoms with E-state index in [9.17, 15) is 4.79 Å². The molecule has 0 fully saturated rings. The number of nitrogens with one attached hydrogen (secondary N) is 1. The molecule has 24 heavy (non-hydrogen) atoms. The molecule has 0 spiro atoms. The quantitative estimate of drug-likeness (QED) is 0.612. The van der Waals surface area contributed by atoms with Crippen LogP contribution in [0.1, 0.15) is 21.5 Å². The topological polar surface area (TPSA) is 47.6 Å². The third-order valence-corrected chi connectivity index (χ3v) is 4.71. The average molecular weight is 345 g/mol. The first kappa shape index (κ1) is 18.2. The molecule has 0 aromatic heterocycles. The molecular formula is C19H23NO3S. The normalized spacial score (nSPS) is 10.3. The van der Waals surface area contributed by atoms with Crippen molar-refractivity contribution in [3.05, 3.63) is 53.1 Å². The Morgan fingerprint density at radius 2 is 1.62 bits per heavy atom. The minimum Gasteiger partial charge on any atom is -0.496 e. The summed E-state index contributed by atoms with van der Waals surface area (Å²) in [5.41, 5.74) is 2.66. The van der Waals surface area contributed by atoms with E-state index in [1.165, 1.54) is 10.5 Å². The Labute approximate surface area is 147 Å². The summed E-state index contributed by atoms with van der Waals surface area (Å²) < 4.78 is 10.6. The van der Waals surface area contributed by atoms with Crippen LogP contribution in [0.2, 0.25) is 0 Å². The highest BCUT2D eigenvalue weighted by Gasteiger charge is 2.13. The van der Waals surface area contributed by atoms with Gasteiger partial charge < -0.3 is 14.8 Å². The molecule has 0 radical (unpaired) electrons. The van der Waals surface area contributed by atoms with Gasteiger partial charge in [-0.2, -0.15) is 0 Å². The van der Waals surface area contributed by atoms with E-state index in [2.05, 4.69) is 36.5 Å². The zero-order valence-corrected chi connectivity index (χ0v) is 15.3. The van der Waals surface area contributed by atoms with E-state index in [1.807, 2.05) is 6.92 Å². The van der Waals surface area contributed by atoms with Gasteiger partial charge in [-0.15, -0.1) is 11.8 Å². The summed E-state index contributed by atoms with van der Waals surface area (Å²) in [5, 5.41) is 2.93. The molecule has 0 aliphatic carbocycles. The monoisotopic (exact) mass is 345 g/mol. The van der Waals surface area contributed by atoms with Crippen LogP contribution in [0.5, 0.6) is 11.5 Å². The molecule has 0 heterocycles. The fourth-order valence-electron chi connectivity index (χ4n) is 2.29. The van der Waals surface area contributed by atoms with E-state index < -0.39 is 0 Å². The molecule has 1 N–H and O–H groups in total. The molecule has 2 aromatic rings. The molecule has 0 aliphatic rings. The van der Waals surface area contributed by atoms with Crippen LogP contribution < -0.4 is 14.8 Å². The highest BCUT2D eigenvalue weighted by molar-refractivity contribution is 7.99. The Morgan fingerprint density at radius 3 is 2.17 bits per heavy atom. The smallest absolute Gasteiger partial charge is 0.251 e. The number of ether oxygens (including phenoxy) is 2. The van der Waals surface area contributed by atoms with Crippen LogP contribution >= 0.6 is 11.8 Å². The second kappa shape index (κ2) is 8.64. The van der Waals surface area contributed by atoms with E-state index in [-0.39, 0.29) is 5.91 Å². The summed E-state index contributed by atoms with van der Waals surface area (Å²) in [4.78, 5) is 13.5. The van der Waals surface area contributed by atoms with Gasteiger partial charge in [-0.05, 0) is 38.1 Å². The number of carbonyl (C=O) groups is 1. The van der Waals surface area contributed by atoms with Gasteiger partial charge >= 0.3 is 0 Å². The van der Waals surface area contributed by atoms with Crippen molar-refractivity contribution in [2.45, 2.75) is 18.7 Å². The highest BCUT2D eigenvalue weighted by Crippen LogP contribution is 2.29. The minimum atomic E-state index is -0.129. The SMILES string of the molecule is COc1cc(C(=O)NCCSc2ccc(C)cc2)cc(OC)c1C. The number of carbonyl (C=O) groups excluding carboxylic acids is 1. The number of thioether (sulfide) groups is 1. The lowest BCUT2D eigenvalue weighted by atomic mass is 10.1. The van der Waals surface area contributed by atoms with Crippen molar-refractivity contribution in [1.82, 2.24) is 5.32 Å². The van der Waals surface area contributed by atoms with E-state index in [0.29, 0.717) is 23.6 Å². The van der Waals surface area contributed by atoms with Crippen molar-refractivity contribution in [1.29, 1.82) is 0 Å². The Balaban J connectivity index is 1.91. The number of benzene rings is 2. The summed E-state index contributed by atoms with van der Waals surface area (Å²) in [6.45, 7) is 4.56. The van der Waals surface area contributed by atoms with E-state index in [4.69, 9.17) is 9.47 Å². The van der Waals surface area contributed by atoms with E-state index >= 15 is 0 Å². The van der Waals surface area contributed by atoms with Crippen LogP contribution in [0.3, 0.4) is 0 Å². The van der Waals surface area contributed by atoms with Crippen molar-refractivity contribution < 1.29 is 14.3 Å². The standard InChI is InChI=1S/C19H23NO3S/c1-13-5-7-16(8-6-13)24-10-9-20-19(21)15-11-17(22-3)14(2)18(12-15)23-4/h5-8,11-12H,9-10H2,1-4H3,(H,20,21). The molecule has 1 amide bonds. The summed E-state index contributed by atoms with van der Waals surface area (Å²) in [7, 11) is 3.17. The van der Waals surface area contributed by atoms with Gasteiger partial charge in [0.2, 0.25) is 0 Å². The average Bonchev–Trinajstić information content (AvgIpc) is 2.60. The van der Waals surface area contributed by atoms with Crippen LogP contribution in [0.4, 0.5) is 0 Å². The van der Waals surface area contributed by atoms with Crippen LogP contribution in [0.25, 0.3) is 0 Å². The molecule has 0 unspecified atom stereocenters. The molecule has 0 aliphatic heterocycles. The summed E-state index contributed by atoms with van der Waals surface area (Å²) in [6, 6.07) is 11.8. The molecule has 5 heteroatoms. The van der Waals surface area contributed by atoms with Gasteiger partial charge in [0.15, 0.2) is 0 Å². The number of hydrogen-bond donors (Lipinski definition) is 1.